The minimum atomic E-state index is -0.0151. The van der Waals surface area contributed by atoms with Gasteiger partial charge in [0.25, 0.3) is 5.91 Å². The highest BCUT2D eigenvalue weighted by atomic mass is 16.2. The highest BCUT2D eigenvalue weighted by Gasteiger charge is 2.27. The number of H-pyrrole nitrogens is 1. The number of piperidine rings is 1. The fraction of sp³-hybridized carbons (Fsp3) is 0.421. The van der Waals surface area contributed by atoms with Crippen LogP contribution in [0.2, 0.25) is 0 Å². The standard InChI is InChI=1S/C19H24N4O2/c1-14-2-4-16(5-3-14)19(25)23-12-7-15(8-13-23)18(24)22-9-6-17-20-10-11-21-17/h2-5,10-11,15H,6-9,12-13H2,1H3,(H,20,21)(H,22,24). The van der Waals surface area contributed by atoms with Gasteiger partial charge in [-0.1, -0.05) is 17.7 Å². The number of carbonyl (C=O) groups is 2. The number of carbonyl (C=O) groups excluding carboxylic acids is 2. The Morgan fingerprint density at radius 2 is 1.96 bits per heavy atom. The summed E-state index contributed by atoms with van der Waals surface area (Å²) in [5, 5.41) is 2.97. The lowest BCUT2D eigenvalue weighted by Gasteiger charge is -2.31. The van der Waals surface area contributed by atoms with Gasteiger partial charge in [0.2, 0.25) is 5.91 Å². The van der Waals surface area contributed by atoms with Crippen LogP contribution in [-0.4, -0.2) is 46.3 Å². The summed E-state index contributed by atoms with van der Waals surface area (Å²) in [5.74, 6) is 0.989. The molecule has 1 aliphatic rings. The third-order valence-electron chi connectivity index (χ3n) is 4.67. The molecule has 1 saturated heterocycles. The lowest BCUT2D eigenvalue weighted by atomic mass is 9.95. The highest BCUT2D eigenvalue weighted by molar-refractivity contribution is 5.94. The molecule has 132 valence electrons. The second-order valence-electron chi connectivity index (χ2n) is 6.51. The van der Waals surface area contributed by atoms with Crippen LogP contribution in [-0.2, 0) is 11.2 Å². The maximum absolute atomic E-state index is 12.5. The van der Waals surface area contributed by atoms with Crippen molar-refractivity contribution in [1.82, 2.24) is 20.2 Å². The lowest BCUT2D eigenvalue weighted by molar-refractivity contribution is -0.126. The molecular formula is C19H24N4O2. The lowest BCUT2D eigenvalue weighted by Crippen LogP contribution is -2.43. The number of aromatic nitrogens is 2. The van der Waals surface area contributed by atoms with Gasteiger partial charge >= 0.3 is 0 Å². The van der Waals surface area contributed by atoms with Crippen molar-refractivity contribution in [2.75, 3.05) is 19.6 Å². The monoisotopic (exact) mass is 340 g/mol. The number of hydrogen-bond acceptors (Lipinski definition) is 3. The van der Waals surface area contributed by atoms with Crippen LogP contribution in [0.25, 0.3) is 0 Å². The van der Waals surface area contributed by atoms with E-state index in [1.54, 1.807) is 12.4 Å². The minimum absolute atomic E-state index is 0.0151. The smallest absolute Gasteiger partial charge is 0.253 e. The number of aryl methyl sites for hydroxylation is 1. The van der Waals surface area contributed by atoms with E-state index in [2.05, 4.69) is 15.3 Å². The van der Waals surface area contributed by atoms with E-state index in [1.165, 1.54) is 0 Å². The number of nitrogens with one attached hydrogen (secondary N) is 2. The van der Waals surface area contributed by atoms with Crippen LogP contribution in [0, 0.1) is 12.8 Å². The second kappa shape index (κ2) is 7.96. The van der Waals surface area contributed by atoms with E-state index in [4.69, 9.17) is 0 Å². The van der Waals surface area contributed by atoms with Crippen molar-refractivity contribution >= 4 is 11.8 Å². The maximum Gasteiger partial charge on any atom is 0.253 e. The van der Waals surface area contributed by atoms with E-state index in [0.717, 1.165) is 11.4 Å². The molecule has 1 aliphatic heterocycles. The van der Waals surface area contributed by atoms with E-state index in [1.807, 2.05) is 36.1 Å². The van der Waals surface area contributed by atoms with Crippen molar-refractivity contribution in [3.63, 3.8) is 0 Å². The number of aromatic amines is 1. The Morgan fingerprint density at radius 1 is 1.24 bits per heavy atom. The van der Waals surface area contributed by atoms with Gasteiger partial charge in [-0.3, -0.25) is 9.59 Å². The molecule has 0 spiro atoms. The molecule has 0 saturated carbocycles. The number of rotatable bonds is 5. The van der Waals surface area contributed by atoms with Crippen molar-refractivity contribution in [2.45, 2.75) is 26.2 Å². The number of amides is 2. The van der Waals surface area contributed by atoms with E-state index < -0.39 is 0 Å². The summed E-state index contributed by atoms with van der Waals surface area (Å²) in [6.45, 7) is 3.84. The molecule has 2 amide bonds. The highest BCUT2D eigenvalue weighted by Crippen LogP contribution is 2.19. The maximum atomic E-state index is 12.5. The molecule has 2 aromatic rings. The Balaban J connectivity index is 1.43. The van der Waals surface area contributed by atoms with Crippen LogP contribution in [0.15, 0.2) is 36.7 Å². The fourth-order valence-electron chi connectivity index (χ4n) is 3.11. The molecular weight excluding hydrogens is 316 g/mol. The van der Waals surface area contributed by atoms with Crippen molar-refractivity contribution in [3.05, 3.63) is 53.6 Å². The predicted octanol–water partition coefficient (Wildman–Crippen LogP) is 1.93. The molecule has 25 heavy (non-hydrogen) atoms. The largest absolute Gasteiger partial charge is 0.355 e. The van der Waals surface area contributed by atoms with Gasteiger partial charge in [-0.15, -0.1) is 0 Å². The molecule has 0 atom stereocenters. The summed E-state index contributed by atoms with van der Waals surface area (Å²) in [5.41, 5.74) is 1.86. The molecule has 0 aliphatic carbocycles. The molecule has 2 heterocycles. The van der Waals surface area contributed by atoms with Gasteiger partial charge in [0.05, 0.1) is 0 Å². The van der Waals surface area contributed by atoms with Gasteiger partial charge in [-0.05, 0) is 31.9 Å². The summed E-state index contributed by atoms with van der Waals surface area (Å²) in [4.78, 5) is 33.8. The van der Waals surface area contributed by atoms with Crippen molar-refractivity contribution in [3.8, 4) is 0 Å². The number of imidazole rings is 1. The fourth-order valence-corrected chi connectivity index (χ4v) is 3.11. The minimum Gasteiger partial charge on any atom is -0.355 e. The first-order chi connectivity index (χ1) is 12.1. The number of likely N-dealkylation sites (tertiary alicyclic amines) is 1. The van der Waals surface area contributed by atoms with Crippen molar-refractivity contribution in [2.24, 2.45) is 5.92 Å². The quantitative estimate of drug-likeness (QED) is 0.873. The first-order valence-electron chi connectivity index (χ1n) is 8.75. The van der Waals surface area contributed by atoms with Gasteiger partial charge in [0, 0.05) is 49.9 Å². The zero-order valence-corrected chi connectivity index (χ0v) is 14.5. The molecule has 6 heteroatoms. The van der Waals surface area contributed by atoms with Gasteiger partial charge in [0.1, 0.15) is 5.82 Å². The van der Waals surface area contributed by atoms with E-state index >= 15 is 0 Å². The third-order valence-corrected chi connectivity index (χ3v) is 4.67. The number of benzene rings is 1. The summed E-state index contributed by atoms with van der Waals surface area (Å²) >= 11 is 0. The number of hydrogen-bond donors (Lipinski definition) is 2. The van der Waals surface area contributed by atoms with Crippen LogP contribution < -0.4 is 5.32 Å². The Hall–Kier alpha value is -2.63. The zero-order chi connectivity index (χ0) is 17.6. The SMILES string of the molecule is Cc1ccc(C(=O)N2CCC(C(=O)NCCc3ncc[nH]3)CC2)cc1. The van der Waals surface area contributed by atoms with E-state index in [9.17, 15) is 9.59 Å². The average Bonchev–Trinajstić information content (AvgIpc) is 3.15. The molecule has 0 radical (unpaired) electrons. The van der Waals surface area contributed by atoms with Crippen LogP contribution in [0.5, 0.6) is 0 Å². The van der Waals surface area contributed by atoms with Gasteiger partial charge in [0.15, 0.2) is 0 Å². The Morgan fingerprint density at radius 3 is 2.60 bits per heavy atom. The third kappa shape index (κ3) is 4.47. The summed E-state index contributed by atoms with van der Waals surface area (Å²) < 4.78 is 0. The molecule has 1 aromatic heterocycles. The Bertz CT molecular complexity index is 702. The van der Waals surface area contributed by atoms with Crippen LogP contribution in [0.3, 0.4) is 0 Å². The summed E-state index contributed by atoms with van der Waals surface area (Å²) in [6.07, 6.45) is 5.60. The first-order valence-corrected chi connectivity index (χ1v) is 8.75. The van der Waals surface area contributed by atoms with Gasteiger partial charge in [-0.25, -0.2) is 4.98 Å². The van der Waals surface area contributed by atoms with Crippen molar-refractivity contribution in [1.29, 1.82) is 0 Å². The summed E-state index contributed by atoms with van der Waals surface area (Å²) in [7, 11) is 0. The molecule has 0 bridgehead atoms. The van der Waals surface area contributed by atoms with Crippen LogP contribution in [0.1, 0.15) is 34.6 Å². The molecule has 1 fully saturated rings. The zero-order valence-electron chi connectivity index (χ0n) is 14.5. The summed E-state index contributed by atoms with van der Waals surface area (Å²) in [6, 6.07) is 7.63. The van der Waals surface area contributed by atoms with Crippen LogP contribution >= 0.6 is 0 Å². The topological polar surface area (TPSA) is 78.1 Å². The molecule has 0 unspecified atom stereocenters. The van der Waals surface area contributed by atoms with Crippen LogP contribution in [0.4, 0.5) is 0 Å². The molecule has 2 N–H and O–H groups in total. The normalized spacial score (nSPS) is 15.2. The molecule has 1 aromatic carbocycles. The van der Waals surface area contributed by atoms with E-state index in [0.29, 0.717) is 44.5 Å². The van der Waals surface area contributed by atoms with Gasteiger partial charge < -0.3 is 15.2 Å². The average molecular weight is 340 g/mol. The Kier molecular flexibility index (Phi) is 5.48. The van der Waals surface area contributed by atoms with E-state index in [-0.39, 0.29) is 17.7 Å². The number of nitrogens with zero attached hydrogens (tertiary/aromatic N) is 2. The molecule has 3 rings (SSSR count). The first kappa shape index (κ1) is 17.2. The second-order valence-corrected chi connectivity index (χ2v) is 6.51. The Labute approximate surface area is 147 Å². The molecule has 6 nitrogen and oxygen atoms in total. The van der Waals surface area contributed by atoms with Gasteiger partial charge in [-0.2, -0.15) is 0 Å². The predicted molar refractivity (Wildman–Crippen MR) is 95.1 cm³/mol. The van der Waals surface area contributed by atoms with Crippen molar-refractivity contribution < 1.29 is 9.59 Å².